The number of hydrogen-bond acceptors (Lipinski definition) is 7. The molecule has 8 nitrogen and oxygen atoms in total. The van der Waals surface area contributed by atoms with Gasteiger partial charge in [0.25, 0.3) is 0 Å². The predicted octanol–water partition coefficient (Wildman–Crippen LogP) is 7.48. The first kappa shape index (κ1) is 39.2. The van der Waals surface area contributed by atoms with Gasteiger partial charge >= 0.3 is 0 Å². The Hall–Kier alpha value is -2.01. The number of hydrogen-bond donors (Lipinski definition) is 0. The van der Waals surface area contributed by atoms with Crippen LogP contribution in [0.5, 0.6) is 0 Å². The number of nitrogens with zero attached hydrogens (tertiary/aromatic N) is 2. The van der Waals surface area contributed by atoms with Crippen molar-refractivity contribution in [2.45, 2.75) is 131 Å². The summed E-state index contributed by atoms with van der Waals surface area (Å²) in [7, 11) is -8.47. The van der Waals surface area contributed by atoms with Gasteiger partial charge in [0.1, 0.15) is 6.54 Å². The van der Waals surface area contributed by atoms with Gasteiger partial charge < -0.3 is 14.0 Å². The van der Waals surface area contributed by atoms with Gasteiger partial charge in [0.05, 0.1) is 25.7 Å². The van der Waals surface area contributed by atoms with Gasteiger partial charge in [0.2, 0.25) is 0 Å². The molecule has 0 radical (unpaired) electrons. The molecule has 5 rings (SSSR count). The normalized spacial score (nSPS) is 31.2. The maximum atomic E-state index is 11.4. The third-order valence-corrected chi connectivity index (χ3v) is 14.1. The van der Waals surface area contributed by atoms with Crippen LogP contribution in [0.2, 0.25) is 0 Å². The van der Waals surface area contributed by atoms with Gasteiger partial charge in [-0.3, -0.25) is 0 Å². The average molecular weight is 730 g/mol. The third kappa shape index (κ3) is 9.31. The van der Waals surface area contributed by atoms with Crippen molar-refractivity contribution < 1.29 is 30.5 Å². The number of fused-ring (bicyclic) bond motifs is 2. The summed E-state index contributed by atoms with van der Waals surface area (Å²) >= 11 is 0. The monoisotopic (exact) mass is 729 g/mol. The SMILES string of the molecule is CC1(C)CC(/C=C/C=C2/N(CCCS(=O)(=O)[O-])C3CCCCC3C2(C)C)=CC(=C/C=C/C2=[N+](CCCS(=O)(=O)[O-])C3CCCCC3C2(C)C)/C1. The summed E-state index contributed by atoms with van der Waals surface area (Å²) in [4.78, 5) is 2.41. The molecule has 2 aliphatic heterocycles. The van der Waals surface area contributed by atoms with E-state index in [9.17, 15) is 25.9 Å². The molecule has 2 heterocycles. The zero-order chi connectivity index (χ0) is 36.5. The van der Waals surface area contributed by atoms with Crippen molar-refractivity contribution in [2.24, 2.45) is 28.1 Å². The Bertz CT molecular complexity index is 1680. The molecule has 0 spiro atoms. The molecule has 2 saturated carbocycles. The fourth-order valence-corrected chi connectivity index (χ4v) is 11.4. The molecule has 0 aromatic carbocycles. The quantitative estimate of drug-likeness (QED) is 0.151. The van der Waals surface area contributed by atoms with Crippen molar-refractivity contribution in [1.29, 1.82) is 0 Å². The van der Waals surface area contributed by atoms with Crippen molar-refractivity contribution in [3.8, 4) is 0 Å². The second-order valence-electron chi connectivity index (χ2n) is 17.6. The highest BCUT2D eigenvalue weighted by Crippen LogP contribution is 2.53. The maximum absolute atomic E-state index is 11.4. The molecule has 0 aromatic heterocycles. The molecular formula is C40H61N2O6S2-. The van der Waals surface area contributed by atoms with Crippen molar-refractivity contribution in [3.05, 3.63) is 59.4 Å². The van der Waals surface area contributed by atoms with Crippen LogP contribution in [0.4, 0.5) is 0 Å². The van der Waals surface area contributed by atoms with E-state index in [1.54, 1.807) is 0 Å². The highest BCUT2D eigenvalue weighted by atomic mass is 32.2. The molecule has 0 aromatic rings. The fourth-order valence-electron chi connectivity index (χ4n) is 10.4. The van der Waals surface area contributed by atoms with Gasteiger partial charge in [-0.05, 0) is 87.3 Å². The summed E-state index contributed by atoms with van der Waals surface area (Å²) in [5.74, 6) is 0.405. The summed E-state index contributed by atoms with van der Waals surface area (Å²) in [6.45, 7) is 15.1. The zero-order valence-electron chi connectivity index (χ0n) is 31.3. The second-order valence-corrected chi connectivity index (χ2v) is 20.7. The minimum Gasteiger partial charge on any atom is -0.748 e. The minimum atomic E-state index is -4.24. The molecule has 1 saturated heterocycles. The van der Waals surface area contributed by atoms with Crippen LogP contribution in [0.1, 0.15) is 119 Å². The summed E-state index contributed by atoms with van der Waals surface area (Å²) in [5.41, 5.74) is 5.09. The topological polar surface area (TPSA) is 121 Å². The van der Waals surface area contributed by atoms with Crippen LogP contribution in [0.3, 0.4) is 0 Å². The lowest BCUT2D eigenvalue weighted by Crippen LogP contribution is -2.35. The molecule has 4 unspecified atom stereocenters. The van der Waals surface area contributed by atoms with Crippen molar-refractivity contribution in [1.82, 2.24) is 4.90 Å². The van der Waals surface area contributed by atoms with Crippen LogP contribution in [-0.4, -0.2) is 77.8 Å². The largest absolute Gasteiger partial charge is 0.748 e. The van der Waals surface area contributed by atoms with E-state index in [2.05, 4.69) is 93.5 Å². The second kappa shape index (κ2) is 15.2. The Morgan fingerprint density at radius 3 is 2.10 bits per heavy atom. The van der Waals surface area contributed by atoms with Crippen molar-refractivity contribution in [2.75, 3.05) is 24.6 Å². The highest BCUT2D eigenvalue weighted by molar-refractivity contribution is 7.85. The van der Waals surface area contributed by atoms with Crippen LogP contribution in [0.15, 0.2) is 59.4 Å². The lowest BCUT2D eigenvalue weighted by Gasteiger charge is -2.34. The van der Waals surface area contributed by atoms with Crippen LogP contribution in [0.25, 0.3) is 0 Å². The van der Waals surface area contributed by atoms with Crippen molar-refractivity contribution in [3.63, 3.8) is 0 Å². The Labute approximate surface area is 303 Å². The Balaban J connectivity index is 1.38. The standard InChI is InChI=1S/C40H62N2O6S2/c1-38(2)28-30(15-11-21-36-39(3,4)32-17-7-9-19-34(32)41(36)23-13-25-49(43,44)45)27-31(29-38)16-12-22-37-40(5,6)33-18-8-10-20-35(33)42(37)24-14-26-50(46,47)48/h11-12,15-16,21-22,27,32-35H,7-10,13-14,17-20,23-26,28-29H2,1-6H3,(H-,43,44,45,46,47,48)/p-1. The van der Waals surface area contributed by atoms with E-state index in [0.29, 0.717) is 49.9 Å². The molecule has 50 heavy (non-hydrogen) atoms. The van der Waals surface area contributed by atoms with Crippen LogP contribution < -0.4 is 0 Å². The first-order valence-corrected chi connectivity index (χ1v) is 22.2. The van der Waals surface area contributed by atoms with E-state index in [1.165, 1.54) is 61.1 Å². The lowest BCUT2D eigenvalue weighted by molar-refractivity contribution is -0.566. The van der Waals surface area contributed by atoms with Crippen LogP contribution in [-0.2, 0) is 20.2 Å². The van der Waals surface area contributed by atoms with E-state index in [-0.39, 0.29) is 27.8 Å². The zero-order valence-corrected chi connectivity index (χ0v) is 33.0. The summed E-state index contributed by atoms with van der Waals surface area (Å²) in [6.07, 6.45) is 27.6. The number of likely N-dealkylation sites (tertiary alicyclic amines) is 1. The molecule has 4 atom stereocenters. The predicted molar refractivity (Wildman–Crippen MR) is 200 cm³/mol. The van der Waals surface area contributed by atoms with Gasteiger partial charge in [-0.1, -0.05) is 77.3 Å². The number of rotatable bonds is 12. The fraction of sp³-hybridized carbons (Fsp3) is 0.725. The molecule has 5 aliphatic rings. The van der Waals surface area contributed by atoms with Gasteiger partial charge in [-0.25, -0.2) is 21.4 Å². The van der Waals surface area contributed by atoms with Crippen LogP contribution in [0, 0.1) is 28.1 Å². The molecule has 0 amide bonds. The Morgan fingerprint density at radius 2 is 1.40 bits per heavy atom. The van der Waals surface area contributed by atoms with E-state index in [4.69, 9.17) is 0 Å². The van der Waals surface area contributed by atoms with Gasteiger partial charge in [-0.2, -0.15) is 0 Å². The van der Waals surface area contributed by atoms with Crippen molar-refractivity contribution >= 4 is 25.9 Å². The first-order valence-electron chi connectivity index (χ1n) is 19.0. The van der Waals surface area contributed by atoms with Crippen LogP contribution >= 0.6 is 0 Å². The first-order chi connectivity index (χ1) is 23.3. The van der Waals surface area contributed by atoms with E-state index < -0.39 is 20.2 Å². The molecule has 10 heteroatoms. The van der Waals surface area contributed by atoms with Gasteiger partial charge in [0, 0.05) is 60.0 Å². The van der Waals surface area contributed by atoms with E-state index >= 15 is 0 Å². The highest BCUT2D eigenvalue weighted by Gasteiger charge is 2.54. The molecule has 0 bridgehead atoms. The minimum absolute atomic E-state index is 0.0256. The Kier molecular flexibility index (Phi) is 11.9. The van der Waals surface area contributed by atoms with Gasteiger partial charge in [-0.15, -0.1) is 0 Å². The molecule has 3 aliphatic carbocycles. The Morgan fingerprint density at radius 1 is 0.780 bits per heavy atom. The summed E-state index contributed by atoms with van der Waals surface area (Å²) in [6, 6.07) is 0.786. The third-order valence-electron chi connectivity index (χ3n) is 12.5. The smallest absolute Gasteiger partial charge is 0.182 e. The van der Waals surface area contributed by atoms with E-state index in [0.717, 1.165) is 25.7 Å². The maximum Gasteiger partial charge on any atom is 0.182 e. The molecule has 3 fully saturated rings. The number of allylic oxidation sites excluding steroid dienone is 10. The lowest BCUT2D eigenvalue weighted by atomic mass is 9.69. The molecular weight excluding hydrogens is 669 g/mol. The van der Waals surface area contributed by atoms with Gasteiger partial charge in [0.15, 0.2) is 11.8 Å². The van der Waals surface area contributed by atoms with E-state index in [1.807, 2.05) is 0 Å². The molecule has 0 N–H and O–H groups in total. The summed E-state index contributed by atoms with van der Waals surface area (Å²) < 4.78 is 70.7. The summed E-state index contributed by atoms with van der Waals surface area (Å²) in [5, 5.41) is 0. The molecule has 280 valence electrons. The average Bonchev–Trinajstić information content (AvgIpc) is 3.34.